The number of nitrogens with zero attached hydrogens (tertiary/aromatic N) is 2. The Bertz CT molecular complexity index is 881. The number of alkyl halides is 6. The molecular formula is C19H22F6N2O5S. The number of thioether (sulfide) groups is 1. The summed E-state index contributed by atoms with van der Waals surface area (Å²) in [6, 6.07) is 1.75. The van der Waals surface area contributed by atoms with Gasteiger partial charge in [-0.3, -0.25) is 4.99 Å². The highest BCUT2D eigenvalue weighted by Crippen LogP contribution is 2.41. The number of aliphatic hydroxyl groups is 2. The van der Waals surface area contributed by atoms with Gasteiger partial charge in [-0.2, -0.15) is 26.3 Å². The molecule has 2 aliphatic heterocycles. The number of halogens is 6. The molecule has 0 saturated carbocycles. The molecule has 2 heterocycles. The molecule has 1 aromatic carbocycles. The third kappa shape index (κ3) is 5.50. The van der Waals surface area contributed by atoms with Crippen LogP contribution in [0.5, 0.6) is 5.75 Å². The smallest absolute Gasteiger partial charge is 0.419 e. The van der Waals surface area contributed by atoms with E-state index in [0.29, 0.717) is 11.2 Å². The number of benzene rings is 1. The summed E-state index contributed by atoms with van der Waals surface area (Å²) in [4.78, 5) is 5.75. The monoisotopic (exact) mass is 504 g/mol. The Hall–Kier alpha value is -1.74. The Kier molecular flexibility index (Phi) is 7.44. The van der Waals surface area contributed by atoms with Gasteiger partial charge in [0.25, 0.3) is 0 Å². The summed E-state index contributed by atoms with van der Waals surface area (Å²) in [7, 11) is 4.33. The Morgan fingerprint density at radius 1 is 1.15 bits per heavy atom. The summed E-state index contributed by atoms with van der Waals surface area (Å²) in [5, 5.41) is 21.1. The van der Waals surface area contributed by atoms with Gasteiger partial charge in [0, 0.05) is 14.1 Å². The van der Waals surface area contributed by atoms with Gasteiger partial charge in [0.15, 0.2) is 11.3 Å². The van der Waals surface area contributed by atoms with Crippen molar-refractivity contribution in [2.75, 3.05) is 21.2 Å². The van der Waals surface area contributed by atoms with Crippen molar-refractivity contribution in [2.24, 2.45) is 4.99 Å². The van der Waals surface area contributed by atoms with E-state index < -0.39 is 66.2 Å². The van der Waals surface area contributed by atoms with Gasteiger partial charge in [-0.1, -0.05) is 17.8 Å². The van der Waals surface area contributed by atoms with E-state index >= 15 is 0 Å². The second-order valence-corrected chi connectivity index (χ2v) is 8.74. The van der Waals surface area contributed by atoms with E-state index in [-0.39, 0.29) is 5.56 Å². The molecule has 0 bridgehead atoms. The Labute approximate surface area is 189 Å². The number of aliphatic hydroxyl groups excluding tert-OH is 2. The Morgan fingerprint density at radius 3 is 2.36 bits per heavy atom. The Balaban J connectivity index is 1.81. The minimum absolute atomic E-state index is 0.199. The predicted molar refractivity (Wildman–Crippen MR) is 106 cm³/mol. The Morgan fingerprint density at radius 2 is 1.82 bits per heavy atom. The van der Waals surface area contributed by atoms with Gasteiger partial charge in [-0.05, 0) is 17.7 Å². The van der Waals surface area contributed by atoms with Crippen molar-refractivity contribution in [1.29, 1.82) is 0 Å². The molecule has 7 nitrogen and oxygen atoms in total. The van der Waals surface area contributed by atoms with Crippen molar-refractivity contribution in [3.63, 3.8) is 0 Å². The highest BCUT2D eigenvalue weighted by Gasteiger charge is 2.57. The average Bonchev–Trinajstić information content (AvgIpc) is 3.14. The van der Waals surface area contributed by atoms with Gasteiger partial charge in [0.2, 0.25) is 0 Å². The van der Waals surface area contributed by atoms with E-state index in [1.165, 1.54) is 0 Å². The lowest BCUT2D eigenvalue weighted by Gasteiger charge is -2.41. The van der Waals surface area contributed by atoms with Crippen molar-refractivity contribution in [2.45, 2.75) is 54.9 Å². The molecule has 33 heavy (non-hydrogen) atoms. The van der Waals surface area contributed by atoms with Crippen LogP contribution in [0.15, 0.2) is 23.2 Å². The maximum atomic E-state index is 13.8. The maximum Gasteiger partial charge on any atom is 0.419 e. The average molecular weight is 504 g/mol. The van der Waals surface area contributed by atoms with Crippen LogP contribution in [-0.2, 0) is 22.3 Å². The molecule has 2 aliphatic rings. The lowest BCUT2D eigenvalue weighted by molar-refractivity contribution is -0.287. The van der Waals surface area contributed by atoms with Crippen LogP contribution in [0.3, 0.4) is 0 Å². The molecule has 1 saturated heterocycles. The summed E-state index contributed by atoms with van der Waals surface area (Å²) >= 11 is 0.984. The molecular weight excluding hydrogens is 482 g/mol. The molecule has 0 radical (unpaired) electrons. The van der Waals surface area contributed by atoms with Crippen LogP contribution in [0.2, 0.25) is 0 Å². The molecule has 0 unspecified atom stereocenters. The van der Waals surface area contributed by atoms with Crippen molar-refractivity contribution in [3.05, 3.63) is 29.3 Å². The first-order chi connectivity index (χ1) is 15.2. The molecule has 6 atom stereocenters. The van der Waals surface area contributed by atoms with Crippen molar-refractivity contribution < 1.29 is 50.8 Å². The first-order valence-electron chi connectivity index (χ1n) is 9.60. The molecule has 2 N–H and O–H groups in total. The van der Waals surface area contributed by atoms with E-state index in [2.05, 4.69) is 9.73 Å². The van der Waals surface area contributed by atoms with Gasteiger partial charge in [-0.25, -0.2) is 0 Å². The van der Waals surface area contributed by atoms with Gasteiger partial charge in [-0.15, -0.1) is 0 Å². The van der Waals surface area contributed by atoms with Crippen LogP contribution >= 0.6 is 11.8 Å². The highest BCUT2D eigenvalue weighted by atomic mass is 32.2. The summed E-state index contributed by atoms with van der Waals surface area (Å²) in [5.74, 6) is -0.492. The van der Waals surface area contributed by atoms with Crippen LogP contribution in [0, 0.1) is 0 Å². The number of fused-ring (bicyclic) bond motifs is 1. The predicted octanol–water partition coefficient (Wildman–Crippen LogP) is 2.64. The van der Waals surface area contributed by atoms with Crippen LogP contribution in [0.25, 0.3) is 0 Å². The SMILES string of the molecule is COc1ccc(CO[C@H]([C@H]2O[C@@H]3SC(N(C)C)=N[C@@H]3[C@@H](O)[C@@H]2O)C(F)(F)F)cc1C(F)(F)F. The molecule has 0 amide bonds. The third-order valence-corrected chi connectivity index (χ3v) is 6.39. The topological polar surface area (TPSA) is 83.8 Å². The fraction of sp³-hybridized carbons (Fsp3) is 0.632. The molecule has 0 aromatic heterocycles. The molecule has 0 spiro atoms. The normalized spacial score (nSPS) is 28.8. The van der Waals surface area contributed by atoms with Gasteiger partial charge < -0.3 is 29.3 Å². The fourth-order valence-corrected chi connectivity index (χ4v) is 4.62. The number of aliphatic imine (C=N–C) groups is 1. The summed E-state index contributed by atoms with van der Waals surface area (Å²) in [6.07, 6.45) is -18.2. The number of ether oxygens (including phenoxy) is 3. The minimum atomic E-state index is -5.05. The first kappa shape index (κ1) is 25.9. The largest absolute Gasteiger partial charge is 0.496 e. The first-order valence-corrected chi connectivity index (χ1v) is 10.5. The van der Waals surface area contributed by atoms with E-state index in [1.54, 1.807) is 19.0 Å². The van der Waals surface area contributed by atoms with Crippen LogP contribution in [-0.4, -0.2) is 83.6 Å². The zero-order valence-corrected chi connectivity index (χ0v) is 18.4. The molecule has 1 fully saturated rings. The van der Waals surface area contributed by atoms with E-state index in [1.807, 2.05) is 0 Å². The second kappa shape index (κ2) is 9.49. The van der Waals surface area contributed by atoms with E-state index in [4.69, 9.17) is 9.47 Å². The summed E-state index contributed by atoms with van der Waals surface area (Å²) in [6.45, 7) is -0.861. The summed E-state index contributed by atoms with van der Waals surface area (Å²) < 4.78 is 96.0. The number of rotatable bonds is 5. The lowest BCUT2D eigenvalue weighted by Crippen LogP contribution is -2.61. The molecule has 14 heteroatoms. The standard InChI is InChI=1S/C19H22F6N2O5S/c1-27(2)17-26-11-12(28)13(29)14(32-16(11)33-17)15(19(23,24)25)31-7-8-4-5-10(30-3)9(6-8)18(20,21)22/h4-6,11-16,28-29H,7H2,1-3H3/t11-,12-,13+,14+,15-,16-/m1/s1. The number of methoxy groups -OCH3 is 1. The fourth-order valence-electron chi connectivity index (χ4n) is 3.47. The summed E-state index contributed by atoms with van der Waals surface area (Å²) in [5.41, 5.74) is -2.37. The molecule has 1 aromatic rings. The molecule has 186 valence electrons. The second-order valence-electron chi connectivity index (χ2n) is 7.67. The maximum absolute atomic E-state index is 13.8. The number of hydrogen-bond acceptors (Lipinski definition) is 8. The van der Waals surface area contributed by atoms with Gasteiger partial charge in [0.1, 0.15) is 35.5 Å². The number of hydrogen-bond donors (Lipinski definition) is 2. The van der Waals surface area contributed by atoms with Crippen molar-refractivity contribution >= 4 is 16.9 Å². The number of amidine groups is 1. The van der Waals surface area contributed by atoms with E-state index in [9.17, 15) is 36.6 Å². The zero-order chi connectivity index (χ0) is 24.7. The highest BCUT2D eigenvalue weighted by molar-refractivity contribution is 8.14. The van der Waals surface area contributed by atoms with Crippen LogP contribution < -0.4 is 4.74 Å². The van der Waals surface area contributed by atoms with Crippen LogP contribution in [0.4, 0.5) is 26.3 Å². The molecule has 0 aliphatic carbocycles. The van der Waals surface area contributed by atoms with Crippen molar-refractivity contribution in [1.82, 2.24) is 4.90 Å². The van der Waals surface area contributed by atoms with Gasteiger partial charge in [0.05, 0.1) is 19.3 Å². The minimum Gasteiger partial charge on any atom is -0.496 e. The van der Waals surface area contributed by atoms with Gasteiger partial charge >= 0.3 is 12.4 Å². The quantitative estimate of drug-likeness (QED) is 0.597. The van der Waals surface area contributed by atoms with Crippen molar-refractivity contribution in [3.8, 4) is 5.75 Å². The molecule has 3 rings (SSSR count). The van der Waals surface area contributed by atoms with E-state index in [0.717, 1.165) is 31.0 Å². The zero-order valence-electron chi connectivity index (χ0n) is 17.6. The third-order valence-electron chi connectivity index (χ3n) is 5.09. The lowest BCUT2D eigenvalue weighted by atomic mass is 9.94. The van der Waals surface area contributed by atoms with Crippen LogP contribution in [0.1, 0.15) is 11.1 Å².